The van der Waals surface area contributed by atoms with Crippen LogP contribution in [0.4, 0.5) is 10.1 Å². The molecule has 26 heavy (non-hydrogen) atoms. The predicted molar refractivity (Wildman–Crippen MR) is 105 cm³/mol. The van der Waals surface area contributed by atoms with Crippen molar-refractivity contribution in [1.29, 1.82) is 0 Å². The zero-order chi connectivity index (χ0) is 18.3. The summed E-state index contributed by atoms with van der Waals surface area (Å²) < 4.78 is 19.7. The largest absolute Gasteiger partial charge is 0.422 e. The van der Waals surface area contributed by atoms with Crippen LogP contribution >= 0.6 is 11.3 Å². The minimum atomic E-state index is -0.436. The Labute approximate surface area is 153 Å². The third-order valence-electron chi connectivity index (χ3n) is 4.43. The Kier molecular flexibility index (Phi) is 4.20. The molecule has 0 saturated heterocycles. The van der Waals surface area contributed by atoms with Gasteiger partial charge in [-0.3, -0.25) is 0 Å². The van der Waals surface area contributed by atoms with Crippen LogP contribution in [0.3, 0.4) is 0 Å². The lowest BCUT2D eigenvalue weighted by Gasteiger charge is -2.20. The van der Waals surface area contributed by atoms with Crippen molar-refractivity contribution in [3.8, 4) is 10.6 Å². The van der Waals surface area contributed by atoms with Gasteiger partial charge in [0, 0.05) is 30.2 Å². The molecule has 0 atom stereocenters. The number of fused-ring (bicyclic) bond motifs is 2. The smallest absolute Gasteiger partial charge is 0.346 e. The lowest BCUT2D eigenvalue weighted by molar-refractivity contribution is 0.563. The van der Waals surface area contributed by atoms with Gasteiger partial charge in [0.05, 0.1) is 15.8 Å². The van der Waals surface area contributed by atoms with Crippen LogP contribution in [0.15, 0.2) is 51.7 Å². The number of halogens is 1. The van der Waals surface area contributed by atoms with Crippen molar-refractivity contribution in [3.63, 3.8) is 0 Å². The van der Waals surface area contributed by atoms with E-state index in [-0.39, 0.29) is 5.82 Å². The van der Waals surface area contributed by atoms with Gasteiger partial charge in [-0.15, -0.1) is 11.3 Å². The highest BCUT2D eigenvalue weighted by Gasteiger charge is 2.14. The highest BCUT2D eigenvalue weighted by Crippen LogP contribution is 2.31. The number of thiazole rings is 1. The Morgan fingerprint density at radius 2 is 1.92 bits per heavy atom. The fourth-order valence-corrected chi connectivity index (χ4v) is 4.04. The number of aromatic nitrogens is 1. The number of rotatable bonds is 4. The molecule has 0 unspecified atom stereocenters. The number of anilines is 1. The molecule has 0 aliphatic rings. The molecule has 0 bridgehead atoms. The lowest BCUT2D eigenvalue weighted by Crippen LogP contribution is -2.21. The van der Waals surface area contributed by atoms with Crippen molar-refractivity contribution in [1.82, 2.24) is 4.98 Å². The van der Waals surface area contributed by atoms with Gasteiger partial charge in [0.15, 0.2) is 0 Å². The first kappa shape index (κ1) is 16.7. The summed E-state index contributed by atoms with van der Waals surface area (Å²) in [6.45, 7) is 5.94. The van der Waals surface area contributed by atoms with E-state index in [0.717, 1.165) is 24.2 Å². The van der Waals surface area contributed by atoms with Crippen LogP contribution in [0.2, 0.25) is 0 Å². The van der Waals surface area contributed by atoms with Gasteiger partial charge < -0.3 is 9.32 Å². The lowest BCUT2D eigenvalue weighted by atomic mass is 10.1. The molecule has 4 rings (SSSR count). The number of hydrogen-bond donors (Lipinski definition) is 0. The van der Waals surface area contributed by atoms with E-state index in [9.17, 15) is 9.18 Å². The minimum absolute atomic E-state index is 0.317. The predicted octanol–water partition coefficient (Wildman–Crippen LogP) is 5.06. The molecule has 2 aromatic carbocycles. The van der Waals surface area contributed by atoms with Gasteiger partial charge in [-0.05, 0) is 50.2 Å². The van der Waals surface area contributed by atoms with E-state index >= 15 is 0 Å². The summed E-state index contributed by atoms with van der Waals surface area (Å²) in [5.74, 6) is -0.317. The molecule has 4 aromatic rings. The summed E-state index contributed by atoms with van der Waals surface area (Å²) in [5.41, 5.74) is 2.20. The Morgan fingerprint density at radius 1 is 1.12 bits per heavy atom. The number of hydrogen-bond acceptors (Lipinski definition) is 5. The molecule has 0 radical (unpaired) electrons. The minimum Gasteiger partial charge on any atom is -0.422 e. The Bertz CT molecular complexity index is 1160. The fraction of sp³-hybridized carbons (Fsp3) is 0.200. The first-order valence-electron chi connectivity index (χ1n) is 8.48. The average molecular weight is 368 g/mol. The molecule has 0 amide bonds. The van der Waals surface area contributed by atoms with Crippen molar-refractivity contribution in [2.75, 3.05) is 18.0 Å². The molecule has 0 aliphatic heterocycles. The summed E-state index contributed by atoms with van der Waals surface area (Å²) in [4.78, 5) is 19.1. The molecule has 0 spiro atoms. The molecule has 0 fully saturated rings. The Morgan fingerprint density at radius 3 is 2.69 bits per heavy atom. The van der Waals surface area contributed by atoms with E-state index in [1.54, 1.807) is 12.1 Å². The van der Waals surface area contributed by atoms with Crippen LogP contribution in [0.25, 0.3) is 31.8 Å². The van der Waals surface area contributed by atoms with Crippen molar-refractivity contribution < 1.29 is 8.81 Å². The van der Waals surface area contributed by atoms with Crippen molar-refractivity contribution in [3.05, 3.63) is 58.7 Å². The maximum absolute atomic E-state index is 13.4. The summed E-state index contributed by atoms with van der Waals surface area (Å²) in [5, 5.41) is 1.37. The van der Waals surface area contributed by atoms with Crippen molar-refractivity contribution in [2.24, 2.45) is 0 Å². The molecule has 6 heteroatoms. The van der Waals surface area contributed by atoms with Gasteiger partial charge in [0.25, 0.3) is 0 Å². The van der Waals surface area contributed by atoms with Gasteiger partial charge in [0.2, 0.25) is 0 Å². The van der Waals surface area contributed by atoms with Gasteiger partial charge in [-0.1, -0.05) is 0 Å². The third-order valence-corrected chi connectivity index (χ3v) is 5.48. The van der Waals surface area contributed by atoms with Crippen molar-refractivity contribution in [2.45, 2.75) is 13.8 Å². The van der Waals surface area contributed by atoms with E-state index < -0.39 is 5.63 Å². The van der Waals surface area contributed by atoms with Gasteiger partial charge in [-0.2, -0.15) is 0 Å². The molecule has 0 N–H and O–H groups in total. The summed E-state index contributed by atoms with van der Waals surface area (Å²) in [6.07, 6.45) is 0. The summed E-state index contributed by atoms with van der Waals surface area (Å²) in [6, 6.07) is 12.1. The van der Waals surface area contributed by atoms with Gasteiger partial charge >= 0.3 is 5.63 Å². The van der Waals surface area contributed by atoms with E-state index in [1.165, 1.54) is 23.5 Å². The SMILES string of the molecule is CCN(CC)c1ccc2cc(-c3nc4ccc(F)cc4s3)c(=O)oc2c1. The first-order valence-corrected chi connectivity index (χ1v) is 9.30. The van der Waals surface area contributed by atoms with E-state index in [1.807, 2.05) is 18.2 Å². The average Bonchev–Trinajstić information content (AvgIpc) is 3.05. The van der Waals surface area contributed by atoms with Crippen LogP contribution in [-0.2, 0) is 0 Å². The van der Waals surface area contributed by atoms with Crippen LogP contribution in [0, 0.1) is 5.82 Å². The molecule has 2 aromatic heterocycles. The standard InChI is InChI=1S/C20H17FN2O2S/c1-3-23(4-2)14-7-5-12-9-15(20(24)25-17(12)11-14)19-22-16-8-6-13(21)10-18(16)26-19/h5-11H,3-4H2,1-2H3. The summed E-state index contributed by atoms with van der Waals surface area (Å²) in [7, 11) is 0. The molecular formula is C20H17FN2O2S. The monoisotopic (exact) mass is 368 g/mol. The number of benzene rings is 2. The zero-order valence-corrected chi connectivity index (χ0v) is 15.3. The topological polar surface area (TPSA) is 46.3 Å². The quantitative estimate of drug-likeness (QED) is 0.473. The maximum atomic E-state index is 13.4. The number of nitrogens with zero attached hydrogens (tertiary/aromatic N) is 2. The molecule has 0 aliphatic carbocycles. The fourth-order valence-electron chi connectivity index (χ4n) is 3.05. The Balaban J connectivity index is 1.84. The van der Waals surface area contributed by atoms with E-state index in [2.05, 4.69) is 23.7 Å². The summed E-state index contributed by atoms with van der Waals surface area (Å²) >= 11 is 1.28. The van der Waals surface area contributed by atoms with Crippen LogP contribution in [0.5, 0.6) is 0 Å². The third kappa shape index (κ3) is 2.86. The molecule has 132 valence electrons. The highest BCUT2D eigenvalue weighted by molar-refractivity contribution is 7.21. The second-order valence-corrected chi connectivity index (χ2v) is 7.00. The molecule has 4 nitrogen and oxygen atoms in total. The normalized spacial score (nSPS) is 11.3. The van der Waals surface area contributed by atoms with E-state index in [0.29, 0.717) is 26.4 Å². The van der Waals surface area contributed by atoms with Crippen molar-refractivity contribution >= 4 is 38.2 Å². The highest BCUT2D eigenvalue weighted by atomic mass is 32.1. The molecule has 2 heterocycles. The maximum Gasteiger partial charge on any atom is 0.346 e. The second-order valence-electron chi connectivity index (χ2n) is 5.97. The second kappa shape index (κ2) is 6.53. The van der Waals surface area contributed by atoms with E-state index in [4.69, 9.17) is 4.42 Å². The van der Waals surface area contributed by atoms with Crippen LogP contribution in [0.1, 0.15) is 13.8 Å². The van der Waals surface area contributed by atoms with Gasteiger partial charge in [-0.25, -0.2) is 14.2 Å². The molecular weight excluding hydrogens is 351 g/mol. The zero-order valence-electron chi connectivity index (χ0n) is 14.5. The first-order chi connectivity index (χ1) is 12.6. The van der Waals surface area contributed by atoms with Crippen LogP contribution in [-0.4, -0.2) is 18.1 Å². The molecule has 0 saturated carbocycles. The van der Waals surface area contributed by atoms with Gasteiger partial charge in [0.1, 0.15) is 16.4 Å². The van der Waals surface area contributed by atoms with Crippen LogP contribution < -0.4 is 10.5 Å². The Hall–Kier alpha value is -2.73.